The zero-order chi connectivity index (χ0) is 20.0. The van der Waals surface area contributed by atoms with E-state index < -0.39 is 0 Å². The van der Waals surface area contributed by atoms with Crippen LogP contribution in [0.3, 0.4) is 0 Å². The van der Waals surface area contributed by atoms with Crippen LogP contribution in [0.4, 0.5) is 0 Å². The van der Waals surface area contributed by atoms with Gasteiger partial charge in [0, 0.05) is 6.54 Å². The van der Waals surface area contributed by atoms with E-state index in [1.165, 1.54) is 23.8 Å². The number of carbonyl (C=O) groups excluding carboxylic acids is 2. The minimum Gasteiger partial charge on any atom is -0.493 e. The Bertz CT molecular complexity index is 781. The molecule has 0 aliphatic carbocycles. The van der Waals surface area contributed by atoms with Crippen LogP contribution >= 0.6 is 39.9 Å². The molecule has 1 aromatic rings. The molecule has 6 nitrogen and oxygen atoms in total. The highest BCUT2D eigenvalue weighted by Crippen LogP contribution is 2.39. The average molecular weight is 474 g/mol. The first-order valence-corrected chi connectivity index (χ1v) is 10.3. The largest absolute Gasteiger partial charge is 0.493 e. The van der Waals surface area contributed by atoms with Crippen LogP contribution in [0, 0.1) is 0 Å². The lowest BCUT2D eigenvalue weighted by molar-refractivity contribution is -0.140. The van der Waals surface area contributed by atoms with Crippen molar-refractivity contribution in [3.05, 3.63) is 27.1 Å². The van der Waals surface area contributed by atoms with Crippen molar-refractivity contribution in [2.75, 3.05) is 27.4 Å². The van der Waals surface area contributed by atoms with Crippen molar-refractivity contribution in [2.24, 2.45) is 0 Å². The molecule has 0 atom stereocenters. The second-order valence-corrected chi connectivity index (χ2v) is 8.07. The Hall–Kier alpha value is -1.58. The van der Waals surface area contributed by atoms with E-state index in [0.717, 1.165) is 16.5 Å². The van der Waals surface area contributed by atoms with Crippen LogP contribution in [0.5, 0.6) is 11.5 Å². The number of halogens is 1. The zero-order valence-corrected chi connectivity index (χ0v) is 18.5. The molecule has 2 rings (SSSR count). The Kier molecular flexibility index (Phi) is 8.12. The van der Waals surface area contributed by atoms with E-state index in [2.05, 4.69) is 20.7 Å². The fourth-order valence-corrected chi connectivity index (χ4v) is 4.20. The fourth-order valence-electron chi connectivity index (χ4n) is 2.32. The lowest BCUT2D eigenvalue weighted by Crippen LogP contribution is -2.30. The van der Waals surface area contributed by atoms with Gasteiger partial charge in [0.25, 0.3) is 5.91 Å². The lowest BCUT2D eigenvalue weighted by Gasteiger charge is -2.13. The molecule has 146 valence electrons. The van der Waals surface area contributed by atoms with Crippen LogP contribution in [-0.2, 0) is 14.3 Å². The van der Waals surface area contributed by atoms with Crippen molar-refractivity contribution in [2.45, 2.75) is 19.8 Å². The zero-order valence-electron chi connectivity index (χ0n) is 15.2. The third kappa shape index (κ3) is 5.46. The summed E-state index contributed by atoms with van der Waals surface area (Å²) in [5, 5.41) is 0. The quantitative estimate of drug-likeness (QED) is 0.321. The molecule has 1 saturated heterocycles. The molecule has 1 aliphatic rings. The summed E-state index contributed by atoms with van der Waals surface area (Å²) >= 11 is 9.96. The van der Waals surface area contributed by atoms with E-state index in [9.17, 15) is 9.59 Å². The van der Waals surface area contributed by atoms with E-state index in [4.69, 9.17) is 21.7 Å². The van der Waals surface area contributed by atoms with Gasteiger partial charge < -0.3 is 14.2 Å². The van der Waals surface area contributed by atoms with Gasteiger partial charge in [0.2, 0.25) is 0 Å². The predicted molar refractivity (Wildman–Crippen MR) is 113 cm³/mol. The van der Waals surface area contributed by atoms with Gasteiger partial charge in [-0.2, -0.15) is 0 Å². The first-order chi connectivity index (χ1) is 12.9. The summed E-state index contributed by atoms with van der Waals surface area (Å²) in [4.78, 5) is 25.8. The number of methoxy groups -OCH3 is 2. The summed E-state index contributed by atoms with van der Waals surface area (Å²) in [5.74, 6) is 0.590. The summed E-state index contributed by atoms with van der Waals surface area (Å²) < 4.78 is 16.9. The maximum atomic E-state index is 12.6. The summed E-state index contributed by atoms with van der Waals surface area (Å²) in [7, 11) is 2.88. The monoisotopic (exact) mass is 473 g/mol. The van der Waals surface area contributed by atoms with Crippen LogP contribution in [0.1, 0.15) is 25.3 Å². The van der Waals surface area contributed by atoms with Crippen molar-refractivity contribution in [3.8, 4) is 11.5 Å². The second-order valence-electron chi connectivity index (χ2n) is 5.54. The number of benzene rings is 1. The Morgan fingerprint density at radius 1 is 1.37 bits per heavy atom. The molecule has 0 unspecified atom stereocenters. The Morgan fingerprint density at radius 3 is 2.74 bits per heavy atom. The summed E-state index contributed by atoms with van der Waals surface area (Å²) in [6.07, 6.45) is 2.72. The van der Waals surface area contributed by atoms with Crippen LogP contribution in [0.25, 0.3) is 6.08 Å². The molecule has 0 saturated carbocycles. The number of carbonyl (C=O) groups is 2. The van der Waals surface area contributed by atoms with Gasteiger partial charge >= 0.3 is 5.97 Å². The number of thiocarbonyl (C=S) groups is 1. The molecule has 0 spiro atoms. The van der Waals surface area contributed by atoms with E-state index in [0.29, 0.717) is 27.3 Å². The van der Waals surface area contributed by atoms with E-state index in [1.54, 1.807) is 19.3 Å². The number of hydrogen-bond donors (Lipinski definition) is 0. The standard InChI is InChI=1S/C18H20BrNO5S2/c1-4-7-25-16-12(19)8-11(9-13(16)23-2)10-14-17(22)20(18(26)27-14)6-5-15(21)24-3/h8-10H,4-7H2,1-3H3/b14-10-. The number of hydrogen-bond acceptors (Lipinski definition) is 7. The van der Waals surface area contributed by atoms with E-state index in [-0.39, 0.29) is 24.8 Å². The molecular weight excluding hydrogens is 454 g/mol. The van der Waals surface area contributed by atoms with Crippen molar-refractivity contribution < 1.29 is 23.8 Å². The van der Waals surface area contributed by atoms with Crippen molar-refractivity contribution in [1.29, 1.82) is 0 Å². The first kappa shape index (κ1) is 21.7. The fraction of sp³-hybridized carbons (Fsp3) is 0.389. The van der Waals surface area contributed by atoms with Crippen molar-refractivity contribution in [3.63, 3.8) is 0 Å². The number of nitrogens with zero attached hydrogens (tertiary/aromatic N) is 1. The molecule has 0 radical (unpaired) electrons. The Morgan fingerprint density at radius 2 is 2.11 bits per heavy atom. The normalized spacial score (nSPS) is 15.4. The average Bonchev–Trinajstić information content (AvgIpc) is 2.91. The molecule has 9 heteroatoms. The van der Waals surface area contributed by atoms with Crippen molar-refractivity contribution >= 4 is 62.2 Å². The van der Waals surface area contributed by atoms with Crippen LogP contribution in [0.2, 0.25) is 0 Å². The number of rotatable bonds is 8. The SMILES string of the molecule is CCCOc1c(Br)cc(/C=C2\SC(=S)N(CCC(=O)OC)C2=O)cc1OC. The molecule has 0 bridgehead atoms. The Balaban J connectivity index is 2.23. The van der Waals surface area contributed by atoms with Gasteiger partial charge in [0.1, 0.15) is 4.32 Å². The minimum atomic E-state index is -0.385. The van der Waals surface area contributed by atoms with E-state index in [1.807, 2.05) is 13.0 Å². The molecule has 0 aromatic heterocycles. The highest BCUT2D eigenvalue weighted by molar-refractivity contribution is 9.10. The maximum Gasteiger partial charge on any atom is 0.307 e. The summed E-state index contributed by atoms with van der Waals surface area (Å²) in [6.45, 7) is 2.80. The third-order valence-electron chi connectivity index (χ3n) is 3.64. The number of ether oxygens (including phenoxy) is 3. The number of thioether (sulfide) groups is 1. The predicted octanol–water partition coefficient (Wildman–Crippen LogP) is 4.01. The van der Waals surface area contributed by atoms with Gasteiger partial charge in [-0.3, -0.25) is 14.5 Å². The van der Waals surface area contributed by atoms with Gasteiger partial charge in [-0.1, -0.05) is 30.9 Å². The van der Waals surface area contributed by atoms with Gasteiger partial charge in [0.05, 0.1) is 36.6 Å². The summed E-state index contributed by atoms with van der Waals surface area (Å²) in [5.41, 5.74) is 0.774. The molecule has 0 N–H and O–H groups in total. The molecule has 1 heterocycles. The molecule has 1 aliphatic heterocycles. The van der Waals surface area contributed by atoms with Crippen LogP contribution in [-0.4, -0.2) is 48.5 Å². The number of amides is 1. The molecular formula is C18H20BrNO5S2. The lowest BCUT2D eigenvalue weighted by atomic mass is 10.2. The Labute approximate surface area is 176 Å². The number of esters is 1. The first-order valence-electron chi connectivity index (χ1n) is 8.23. The molecule has 1 amide bonds. The van der Waals surface area contributed by atoms with Crippen molar-refractivity contribution in [1.82, 2.24) is 4.90 Å². The van der Waals surface area contributed by atoms with Gasteiger partial charge in [-0.05, 0) is 46.1 Å². The maximum absolute atomic E-state index is 12.6. The van der Waals surface area contributed by atoms with Gasteiger partial charge in [-0.25, -0.2) is 0 Å². The van der Waals surface area contributed by atoms with Crippen LogP contribution < -0.4 is 9.47 Å². The smallest absolute Gasteiger partial charge is 0.307 e. The highest BCUT2D eigenvalue weighted by Gasteiger charge is 2.32. The second kappa shape index (κ2) is 10.1. The molecule has 1 aromatic carbocycles. The van der Waals surface area contributed by atoms with E-state index >= 15 is 0 Å². The van der Waals surface area contributed by atoms with Crippen LogP contribution in [0.15, 0.2) is 21.5 Å². The van der Waals surface area contributed by atoms with Gasteiger partial charge in [-0.15, -0.1) is 0 Å². The van der Waals surface area contributed by atoms with Gasteiger partial charge in [0.15, 0.2) is 11.5 Å². The highest BCUT2D eigenvalue weighted by atomic mass is 79.9. The minimum absolute atomic E-state index is 0.0963. The molecule has 27 heavy (non-hydrogen) atoms. The molecule has 1 fully saturated rings. The topological polar surface area (TPSA) is 65.1 Å². The summed E-state index contributed by atoms with van der Waals surface area (Å²) in [6, 6.07) is 3.66. The third-order valence-corrected chi connectivity index (χ3v) is 5.61.